The summed E-state index contributed by atoms with van der Waals surface area (Å²) in [6.45, 7) is 5.51. The molecule has 3 aromatic rings. The first kappa shape index (κ1) is 17.9. The second-order valence-electron chi connectivity index (χ2n) is 8.01. The lowest BCUT2D eigenvalue weighted by Crippen LogP contribution is -2.32. The summed E-state index contributed by atoms with van der Waals surface area (Å²) < 4.78 is 0. The average molecular weight is 387 g/mol. The zero-order chi connectivity index (χ0) is 19.6. The van der Waals surface area contributed by atoms with Gasteiger partial charge in [0.2, 0.25) is 0 Å². The first-order valence-electron chi connectivity index (χ1n) is 10.4. The molecule has 3 heterocycles. The Morgan fingerprint density at radius 1 is 0.966 bits per heavy atom. The van der Waals surface area contributed by atoms with Gasteiger partial charge in [-0.25, -0.2) is 0 Å². The maximum atomic E-state index is 4.70. The zero-order valence-electron chi connectivity index (χ0n) is 16.8. The minimum absolute atomic E-state index is 0.638. The summed E-state index contributed by atoms with van der Waals surface area (Å²) in [5.41, 5.74) is 4.80. The van der Waals surface area contributed by atoms with Gasteiger partial charge in [0.05, 0.1) is 6.20 Å². The van der Waals surface area contributed by atoms with Crippen molar-refractivity contribution >= 4 is 28.8 Å². The molecule has 0 amide bonds. The number of anilines is 5. The predicted molar refractivity (Wildman–Crippen MR) is 117 cm³/mol. The highest BCUT2D eigenvalue weighted by molar-refractivity contribution is 5.67. The Labute approximate surface area is 171 Å². The van der Waals surface area contributed by atoms with Crippen molar-refractivity contribution in [2.75, 3.05) is 34.8 Å². The molecule has 148 valence electrons. The molecule has 2 aliphatic rings. The molecular weight excluding hydrogens is 360 g/mol. The SMILES string of the molecule is CC1CCN(c2ccc(Nc3cnnc(N4CCc5ccccc54)n3)cc2)CC1. The number of benzene rings is 2. The summed E-state index contributed by atoms with van der Waals surface area (Å²) in [4.78, 5) is 9.30. The standard InChI is InChI=1S/C23H26N6/c1-17-10-13-28(14-11-17)20-8-6-19(7-9-20)25-22-16-24-27-23(26-22)29-15-12-18-4-2-3-5-21(18)29/h2-9,16-17H,10-15H2,1H3,(H,25,26,27). The minimum atomic E-state index is 0.638. The van der Waals surface area contributed by atoms with E-state index in [0.717, 1.165) is 37.7 Å². The van der Waals surface area contributed by atoms with Gasteiger partial charge in [-0.05, 0) is 61.1 Å². The van der Waals surface area contributed by atoms with Crippen LogP contribution in [0.3, 0.4) is 0 Å². The van der Waals surface area contributed by atoms with Crippen molar-refractivity contribution in [3.63, 3.8) is 0 Å². The molecule has 0 saturated carbocycles. The van der Waals surface area contributed by atoms with E-state index in [1.54, 1.807) is 6.20 Å². The molecule has 1 saturated heterocycles. The van der Waals surface area contributed by atoms with Gasteiger partial charge in [0.15, 0.2) is 5.82 Å². The molecule has 0 spiro atoms. The van der Waals surface area contributed by atoms with Crippen LogP contribution in [0.5, 0.6) is 0 Å². The van der Waals surface area contributed by atoms with Gasteiger partial charge in [0.25, 0.3) is 5.95 Å². The Morgan fingerprint density at radius 3 is 2.59 bits per heavy atom. The van der Waals surface area contributed by atoms with Crippen LogP contribution >= 0.6 is 0 Å². The molecule has 0 aliphatic carbocycles. The van der Waals surface area contributed by atoms with Crippen LogP contribution < -0.4 is 15.1 Å². The monoisotopic (exact) mass is 386 g/mol. The van der Waals surface area contributed by atoms with Gasteiger partial charge in [0.1, 0.15) is 0 Å². The molecule has 0 atom stereocenters. The second kappa shape index (κ2) is 7.70. The van der Waals surface area contributed by atoms with E-state index in [2.05, 4.69) is 80.8 Å². The van der Waals surface area contributed by atoms with E-state index in [1.165, 1.54) is 29.8 Å². The fourth-order valence-electron chi connectivity index (χ4n) is 4.18. The Kier molecular flexibility index (Phi) is 4.76. The quantitative estimate of drug-likeness (QED) is 0.710. The summed E-state index contributed by atoms with van der Waals surface area (Å²) >= 11 is 0. The van der Waals surface area contributed by atoms with Gasteiger partial charge in [-0.2, -0.15) is 10.1 Å². The van der Waals surface area contributed by atoms with E-state index in [0.29, 0.717) is 11.8 Å². The van der Waals surface area contributed by atoms with E-state index in [4.69, 9.17) is 4.98 Å². The van der Waals surface area contributed by atoms with E-state index in [9.17, 15) is 0 Å². The van der Waals surface area contributed by atoms with Crippen molar-refractivity contribution in [1.82, 2.24) is 15.2 Å². The van der Waals surface area contributed by atoms with Crippen molar-refractivity contribution in [2.24, 2.45) is 5.92 Å². The largest absolute Gasteiger partial charge is 0.372 e. The van der Waals surface area contributed by atoms with Crippen LogP contribution in [0, 0.1) is 5.92 Å². The molecule has 2 aromatic carbocycles. The number of nitrogens with one attached hydrogen (secondary N) is 1. The topological polar surface area (TPSA) is 57.2 Å². The number of hydrogen-bond donors (Lipinski definition) is 1. The van der Waals surface area contributed by atoms with Gasteiger partial charge in [-0.15, -0.1) is 5.10 Å². The molecule has 2 aliphatic heterocycles. The van der Waals surface area contributed by atoms with Crippen molar-refractivity contribution in [3.8, 4) is 0 Å². The highest BCUT2D eigenvalue weighted by Crippen LogP contribution is 2.32. The Balaban J connectivity index is 1.30. The van der Waals surface area contributed by atoms with Gasteiger partial charge in [-0.3, -0.25) is 0 Å². The number of para-hydroxylation sites is 1. The zero-order valence-corrected chi connectivity index (χ0v) is 16.8. The average Bonchev–Trinajstić information content (AvgIpc) is 3.19. The molecule has 1 fully saturated rings. The smallest absolute Gasteiger partial charge is 0.251 e. The molecule has 0 unspecified atom stereocenters. The molecule has 0 bridgehead atoms. The van der Waals surface area contributed by atoms with Crippen molar-refractivity contribution in [2.45, 2.75) is 26.2 Å². The number of nitrogens with zero attached hydrogens (tertiary/aromatic N) is 5. The number of fused-ring (bicyclic) bond motifs is 1. The second-order valence-corrected chi connectivity index (χ2v) is 8.01. The maximum Gasteiger partial charge on any atom is 0.251 e. The Hall–Kier alpha value is -3.15. The van der Waals surface area contributed by atoms with Gasteiger partial charge < -0.3 is 15.1 Å². The van der Waals surface area contributed by atoms with Crippen LogP contribution in [0.4, 0.5) is 28.8 Å². The summed E-state index contributed by atoms with van der Waals surface area (Å²) in [7, 11) is 0. The van der Waals surface area contributed by atoms with Crippen LogP contribution in [0.2, 0.25) is 0 Å². The van der Waals surface area contributed by atoms with Crippen molar-refractivity contribution < 1.29 is 0 Å². The fraction of sp³-hybridized carbons (Fsp3) is 0.348. The van der Waals surface area contributed by atoms with Gasteiger partial charge >= 0.3 is 0 Å². The number of piperidine rings is 1. The lowest BCUT2D eigenvalue weighted by atomic mass is 9.99. The Morgan fingerprint density at radius 2 is 1.76 bits per heavy atom. The Bertz CT molecular complexity index is 979. The molecular formula is C23H26N6. The maximum absolute atomic E-state index is 4.70. The summed E-state index contributed by atoms with van der Waals surface area (Å²) in [5, 5.41) is 11.8. The molecule has 1 N–H and O–H groups in total. The van der Waals surface area contributed by atoms with Crippen molar-refractivity contribution in [3.05, 3.63) is 60.3 Å². The van der Waals surface area contributed by atoms with Gasteiger partial charge in [0, 0.05) is 36.7 Å². The lowest BCUT2D eigenvalue weighted by molar-refractivity contribution is 0.438. The van der Waals surface area contributed by atoms with E-state index in [-0.39, 0.29) is 0 Å². The van der Waals surface area contributed by atoms with Crippen LogP contribution in [0.1, 0.15) is 25.3 Å². The number of hydrogen-bond acceptors (Lipinski definition) is 6. The van der Waals surface area contributed by atoms with Crippen molar-refractivity contribution in [1.29, 1.82) is 0 Å². The lowest BCUT2D eigenvalue weighted by Gasteiger charge is -2.32. The van der Waals surface area contributed by atoms with E-state index < -0.39 is 0 Å². The highest BCUT2D eigenvalue weighted by atomic mass is 15.3. The molecule has 5 rings (SSSR count). The summed E-state index contributed by atoms with van der Waals surface area (Å²) in [5.74, 6) is 2.19. The third-order valence-corrected chi connectivity index (χ3v) is 5.96. The summed E-state index contributed by atoms with van der Waals surface area (Å²) in [6, 6.07) is 17.0. The first-order valence-corrected chi connectivity index (χ1v) is 10.4. The van der Waals surface area contributed by atoms with E-state index in [1.807, 2.05) is 0 Å². The number of rotatable bonds is 4. The molecule has 0 radical (unpaired) electrons. The number of aromatic nitrogens is 3. The molecule has 29 heavy (non-hydrogen) atoms. The predicted octanol–water partition coefficient (Wildman–Crippen LogP) is 4.55. The third-order valence-electron chi connectivity index (χ3n) is 5.96. The van der Waals surface area contributed by atoms with E-state index >= 15 is 0 Å². The normalized spacial score (nSPS) is 16.7. The first-order chi connectivity index (χ1) is 14.3. The highest BCUT2D eigenvalue weighted by Gasteiger charge is 2.22. The molecule has 6 heteroatoms. The summed E-state index contributed by atoms with van der Waals surface area (Å²) in [6.07, 6.45) is 5.23. The van der Waals surface area contributed by atoms with Gasteiger partial charge in [-0.1, -0.05) is 25.1 Å². The molecule has 6 nitrogen and oxygen atoms in total. The van der Waals surface area contributed by atoms with Crippen LogP contribution in [-0.2, 0) is 6.42 Å². The van der Waals surface area contributed by atoms with Crippen LogP contribution in [0.25, 0.3) is 0 Å². The fourth-order valence-corrected chi connectivity index (χ4v) is 4.18. The van der Waals surface area contributed by atoms with Crippen LogP contribution in [-0.4, -0.2) is 34.8 Å². The minimum Gasteiger partial charge on any atom is -0.372 e. The van der Waals surface area contributed by atoms with Crippen LogP contribution in [0.15, 0.2) is 54.7 Å². The molecule has 1 aromatic heterocycles. The third kappa shape index (κ3) is 3.75.